The molecular formula is C17H19ClFN. The van der Waals surface area contributed by atoms with Gasteiger partial charge >= 0.3 is 0 Å². The van der Waals surface area contributed by atoms with Crippen LogP contribution < -0.4 is 5.32 Å². The SMILES string of the molecule is CNCC(Cc1ccccc1)Cc1ccc(F)c(Cl)c1. The van der Waals surface area contributed by atoms with Gasteiger partial charge in [0.05, 0.1) is 5.02 Å². The van der Waals surface area contributed by atoms with Crippen LogP contribution in [0.3, 0.4) is 0 Å². The molecule has 1 unspecified atom stereocenters. The maximum Gasteiger partial charge on any atom is 0.141 e. The first-order chi connectivity index (χ1) is 9.69. The normalized spacial score (nSPS) is 12.3. The van der Waals surface area contributed by atoms with Gasteiger partial charge < -0.3 is 5.32 Å². The molecule has 0 bridgehead atoms. The zero-order valence-corrected chi connectivity index (χ0v) is 12.3. The second kappa shape index (κ2) is 7.41. The summed E-state index contributed by atoms with van der Waals surface area (Å²) in [7, 11) is 1.95. The van der Waals surface area contributed by atoms with Crippen molar-refractivity contribution in [2.24, 2.45) is 5.92 Å². The Bertz CT molecular complexity index is 542. The Kier molecular flexibility index (Phi) is 5.57. The second-order valence-electron chi connectivity index (χ2n) is 5.07. The molecule has 0 radical (unpaired) electrons. The van der Waals surface area contributed by atoms with E-state index >= 15 is 0 Å². The van der Waals surface area contributed by atoms with Crippen LogP contribution in [-0.2, 0) is 12.8 Å². The van der Waals surface area contributed by atoms with E-state index in [1.54, 1.807) is 6.07 Å². The molecule has 0 amide bonds. The van der Waals surface area contributed by atoms with Gasteiger partial charge in [0.1, 0.15) is 5.82 Å². The van der Waals surface area contributed by atoms with Crippen LogP contribution in [0.15, 0.2) is 48.5 Å². The zero-order chi connectivity index (χ0) is 14.4. The molecule has 2 aromatic rings. The highest BCUT2D eigenvalue weighted by Gasteiger charge is 2.11. The molecule has 0 saturated carbocycles. The number of hydrogen-bond acceptors (Lipinski definition) is 1. The van der Waals surface area contributed by atoms with Gasteiger partial charge in [-0.15, -0.1) is 0 Å². The van der Waals surface area contributed by atoms with Crippen LogP contribution in [0.1, 0.15) is 11.1 Å². The van der Waals surface area contributed by atoms with Crippen molar-refractivity contribution in [3.8, 4) is 0 Å². The summed E-state index contributed by atoms with van der Waals surface area (Å²) in [5.74, 6) is 0.104. The van der Waals surface area contributed by atoms with Gasteiger partial charge in [0.25, 0.3) is 0 Å². The van der Waals surface area contributed by atoms with Crippen LogP contribution in [-0.4, -0.2) is 13.6 Å². The van der Waals surface area contributed by atoms with Crippen LogP contribution in [0, 0.1) is 11.7 Å². The quantitative estimate of drug-likeness (QED) is 0.845. The average molecular weight is 292 g/mol. The molecule has 0 heterocycles. The molecule has 0 spiro atoms. The Balaban J connectivity index is 2.06. The highest BCUT2D eigenvalue weighted by atomic mass is 35.5. The third-order valence-corrected chi connectivity index (χ3v) is 3.66. The molecule has 3 heteroatoms. The van der Waals surface area contributed by atoms with Crippen LogP contribution in [0.25, 0.3) is 0 Å². The summed E-state index contributed by atoms with van der Waals surface area (Å²) < 4.78 is 13.2. The molecule has 0 aliphatic carbocycles. The first-order valence-electron chi connectivity index (χ1n) is 6.81. The maximum atomic E-state index is 13.2. The Morgan fingerprint density at radius 2 is 1.75 bits per heavy atom. The first kappa shape index (κ1) is 15.0. The maximum absolute atomic E-state index is 13.2. The fourth-order valence-electron chi connectivity index (χ4n) is 2.45. The monoisotopic (exact) mass is 291 g/mol. The van der Waals surface area contributed by atoms with Gasteiger partial charge in [0.2, 0.25) is 0 Å². The zero-order valence-electron chi connectivity index (χ0n) is 11.6. The number of rotatable bonds is 6. The van der Waals surface area contributed by atoms with E-state index in [0.29, 0.717) is 5.92 Å². The van der Waals surface area contributed by atoms with Gasteiger partial charge in [-0.25, -0.2) is 4.39 Å². The molecule has 2 aromatic carbocycles. The highest BCUT2D eigenvalue weighted by molar-refractivity contribution is 6.30. The first-order valence-corrected chi connectivity index (χ1v) is 7.19. The van der Waals surface area contributed by atoms with Crippen molar-refractivity contribution < 1.29 is 4.39 Å². The summed E-state index contributed by atoms with van der Waals surface area (Å²) in [5, 5.41) is 3.43. The van der Waals surface area contributed by atoms with E-state index in [9.17, 15) is 4.39 Å². The lowest BCUT2D eigenvalue weighted by molar-refractivity contribution is 0.493. The Labute approximate surface area is 124 Å². The van der Waals surface area contributed by atoms with E-state index in [0.717, 1.165) is 24.9 Å². The van der Waals surface area contributed by atoms with E-state index in [1.807, 2.05) is 19.2 Å². The third kappa shape index (κ3) is 4.32. The van der Waals surface area contributed by atoms with Gasteiger partial charge in [-0.05, 0) is 55.6 Å². The van der Waals surface area contributed by atoms with Crippen molar-refractivity contribution >= 4 is 11.6 Å². The minimum atomic E-state index is -0.358. The minimum Gasteiger partial charge on any atom is -0.319 e. The molecule has 0 aliphatic heterocycles. The van der Waals surface area contributed by atoms with Crippen molar-refractivity contribution in [3.63, 3.8) is 0 Å². The van der Waals surface area contributed by atoms with Gasteiger partial charge in [0.15, 0.2) is 0 Å². The van der Waals surface area contributed by atoms with E-state index in [1.165, 1.54) is 11.6 Å². The molecule has 20 heavy (non-hydrogen) atoms. The summed E-state index contributed by atoms with van der Waals surface area (Å²) in [4.78, 5) is 0. The predicted molar refractivity (Wildman–Crippen MR) is 82.7 cm³/mol. The van der Waals surface area contributed by atoms with Crippen LogP contribution in [0.4, 0.5) is 4.39 Å². The van der Waals surface area contributed by atoms with Gasteiger partial charge in [-0.2, -0.15) is 0 Å². The van der Waals surface area contributed by atoms with Gasteiger partial charge in [0, 0.05) is 0 Å². The Morgan fingerprint density at radius 3 is 2.40 bits per heavy atom. The van der Waals surface area contributed by atoms with E-state index in [2.05, 4.69) is 29.6 Å². The summed E-state index contributed by atoms with van der Waals surface area (Å²) in [6, 6.07) is 15.4. The number of hydrogen-bond donors (Lipinski definition) is 1. The van der Waals surface area contributed by atoms with Gasteiger partial charge in [-0.1, -0.05) is 48.0 Å². The van der Waals surface area contributed by atoms with E-state index < -0.39 is 0 Å². The number of halogens is 2. The fourth-order valence-corrected chi connectivity index (χ4v) is 2.66. The van der Waals surface area contributed by atoms with Gasteiger partial charge in [-0.3, -0.25) is 0 Å². The molecule has 106 valence electrons. The van der Waals surface area contributed by atoms with Crippen molar-refractivity contribution in [2.45, 2.75) is 12.8 Å². The molecule has 1 atom stereocenters. The molecular weight excluding hydrogens is 273 g/mol. The largest absolute Gasteiger partial charge is 0.319 e. The lowest BCUT2D eigenvalue weighted by Crippen LogP contribution is -2.22. The average Bonchev–Trinajstić information content (AvgIpc) is 2.44. The molecule has 0 saturated heterocycles. The van der Waals surface area contributed by atoms with Crippen molar-refractivity contribution in [1.29, 1.82) is 0 Å². The van der Waals surface area contributed by atoms with Crippen molar-refractivity contribution in [3.05, 3.63) is 70.5 Å². The summed E-state index contributed by atoms with van der Waals surface area (Å²) >= 11 is 5.84. The summed E-state index contributed by atoms with van der Waals surface area (Å²) in [5.41, 5.74) is 2.40. The molecule has 0 aliphatic rings. The minimum absolute atomic E-state index is 0.199. The number of benzene rings is 2. The Morgan fingerprint density at radius 1 is 1.05 bits per heavy atom. The third-order valence-electron chi connectivity index (χ3n) is 3.37. The van der Waals surface area contributed by atoms with Crippen molar-refractivity contribution in [2.75, 3.05) is 13.6 Å². The number of nitrogens with one attached hydrogen (secondary N) is 1. The van der Waals surface area contributed by atoms with Crippen molar-refractivity contribution in [1.82, 2.24) is 5.32 Å². The summed E-state index contributed by atoms with van der Waals surface area (Å²) in [6.07, 6.45) is 1.88. The lowest BCUT2D eigenvalue weighted by Gasteiger charge is -2.17. The second-order valence-corrected chi connectivity index (χ2v) is 5.47. The molecule has 0 aromatic heterocycles. The van der Waals surface area contributed by atoms with Crippen LogP contribution >= 0.6 is 11.6 Å². The molecule has 0 fully saturated rings. The molecule has 1 N–H and O–H groups in total. The Hall–Kier alpha value is -1.38. The lowest BCUT2D eigenvalue weighted by atomic mass is 9.92. The van der Waals surface area contributed by atoms with Crippen LogP contribution in [0.5, 0.6) is 0 Å². The van der Waals surface area contributed by atoms with E-state index in [-0.39, 0.29) is 10.8 Å². The summed E-state index contributed by atoms with van der Waals surface area (Å²) in [6.45, 7) is 0.921. The smallest absolute Gasteiger partial charge is 0.141 e. The topological polar surface area (TPSA) is 12.0 Å². The van der Waals surface area contributed by atoms with Crippen LogP contribution in [0.2, 0.25) is 5.02 Å². The highest BCUT2D eigenvalue weighted by Crippen LogP contribution is 2.20. The van der Waals surface area contributed by atoms with E-state index in [4.69, 9.17) is 11.6 Å². The molecule has 2 rings (SSSR count). The molecule has 1 nitrogen and oxygen atoms in total. The standard InChI is InChI=1S/C17H19ClFN/c1-20-12-15(9-13-5-3-2-4-6-13)10-14-7-8-17(19)16(18)11-14/h2-8,11,15,20H,9-10,12H2,1H3. The fraction of sp³-hybridized carbons (Fsp3) is 0.294. The predicted octanol–water partition coefficient (Wildman–Crippen LogP) is 4.10.